The molecule has 0 heterocycles. The van der Waals surface area contributed by atoms with Gasteiger partial charge in [0.2, 0.25) is 0 Å². The van der Waals surface area contributed by atoms with E-state index in [0.29, 0.717) is 12.8 Å². The standard InChI is InChI=1S/C72H128O6/c1-4-7-10-13-16-19-22-25-28-29-30-31-32-33-34-35-36-37-38-39-40-41-42-45-47-50-53-56-59-62-65-71(74)77-68-69(78-72(75)66-63-60-57-54-51-48-44-27-24-21-18-15-12-9-6-3)67-76-70(73)64-61-58-55-52-49-46-43-26-23-20-17-14-11-8-5-2/h9,12,18,21,26-27,43-44,51,54,60,63,69H,4-8,10-11,13-17,19-20,22-25,28-42,45-50,52-53,55-59,61-62,64-68H2,1-3H3/b12-9-,21-18-,43-26-,44-27-,54-51-,63-60-. The maximum atomic E-state index is 12.8. The van der Waals surface area contributed by atoms with Crippen LogP contribution in [0.15, 0.2) is 72.9 Å². The van der Waals surface area contributed by atoms with Crippen molar-refractivity contribution >= 4 is 17.9 Å². The lowest BCUT2D eigenvalue weighted by molar-refractivity contribution is -0.166. The fraction of sp³-hybridized carbons (Fsp3) is 0.792. The van der Waals surface area contributed by atoms with Gasteiger partial charge in [-0.1, -0.05) is 331 Å². The average molecular weight is 1090 g/mol. The predicted molar refractivity (Wildman–Crippen MR) is 339 cm³/mol. The van der Waals surface area contributed by atoms with Gasteiger partial charge in [0.15, 0.2) is 6.10 Å². The normalized spacial score (nSPS) is 12.5. The van der Waals surface area contributed by atoms with E-state index in [1.807, 2.05) is 6.08 Å². The van der Waals surface area contributed by atoms with E-state index in [1.54, 1.807) is 6.08 Å². The number of ether oxygens (including phenoxy) is 3. The molecule has 0 rings (SSSR count). The molecule has 6 heteroatoms. The maximum absolute atomic E-state index is 12.8. The second-order valence-corrected chi connectivity index (χ2v) is 22.7. The topological polar surface area (TPSA) is 78.9 Å². The zero-order valence-corrected chi connectivity index (χ0v) is 51.9. The summed E-state index contributed by atoms with van der Waals surface area (Å²) in [5.41, 5.74) is 0. The SMILES string of the molecule is CC/C=C\C/C=C\C/C=C\C/C=C\C/C=C\CC(=O)OC(COC(=O)CCCCCCC/C=C\CCCCCCCC)COC(=O)CCCCCCCCCCCCCCCCCCCCCCCCCCCCCCCC. The molecule has 0 aromatic heterocycles. The minimum Gasteiger partial charge on any atom is -0.462 e. The third kappa shape index (κ3) is 63.7. The molecule has 0 radical (unpaired) electrons. The summed E-state index contributed by atoms with van der Waals surface area (Å²) in [7, 11) is 0. The molecule has 1 unspecified atom stereocenters. The Bertz CT molecular complexity index is 1440. The Labute approximate surface area is 484 Å². The number of allylic oxidation sites excluding steroid dienone is 11. The third-order valence-electron chi connectivity index (χ3n) is 15.0. The molecule has 0 aliphatic carbocycles. The molecule has 0 aliphatic rings. The lowest BCUT2D eigenvalue weighted by Crippen LogP contribution is -2.30. The summed E-state index contributed by atoms with van der Waals surface area (Å²) in [5.74, 6) is -1.04. The van der Waals surface area contributed by atoms with Gasteiger partial charge in [0.25, 0.3) is 0 Å². The highest BCUT2D eigenvalue weighted by atomic mass is 16.6. The van der Waals surface area contributed by atoms with E-state index in [1.165, 1.54) is 225 Å². The summed E-state index contributed by atoms with van der Waals surface area (Å²) in [6.07, 6.45) is 86.9. The van der Waals surface area contributed by atoms with Gasteiger partial charge in [0.1, 0.15) is 13.2 Å². The molecule has 0 spiro atoms. The number of hydrogen-bond acceptors (Lipinski definition) is 6. The molecule has 78 heavy (non-hydrogen) atoms. The van der Waals surface area contributed by atoms with Crippen LogP contribution in [0.4, 0.5) is 0 Å². The van der Waals surface area contributed by atoms with Crippen LogP contribution in [0.5, 0.6) is 0 Å². The van der Waals surface area contributed by atoms with Crippen molar-refractivity contribution in [2.75, 3.05) is 13.2 Å². The van der Waals surface area contributed by atoms with Gasteiger partial charge in [0, 0.05) is 12.8 Å². The highest BCUT2D eigenvalue weighted by Crippen LogP contribution is 2.18. The maximum Gasteiger partial charge on any atom is 0.310 e. The van der Waals surface area contributed by atoms with E-state index >= 15 is 0 Å². The molecule has 0 N–H and O–H groups in total. The van der Waals surface area contributed by atoms with Gasteiger partial charge < -0.3 is 14.2 Å². The molecule has 0 bridgehead atoms. The van der Waals surface area contributed by atoms with Crippen LogP contribution in [0.1, 0.15) is 348 Å². The minimum atomic E-state index is -0.833. The fourth-order valence-electron chi connectivity index (χ4n) is 9.93. The zero-order chi connectivity index (χ0) is 56.4. The van der Waals surface area contributed by atoms with Gasteiger partial charge in [-0.25, -0.2) is 0 Å². The molecular weight excluding hydrogens is 961 g/mol. The van der Waals surface area contributed by atoms with Gasteiger partial charge in [0.05, 0.1) is 6.42 Å². The molecule has 452 valence electrons. The second-order valence-electron chi connectivity index (χ2n) is 22.7. The second kappa shape index (κ2) is 66.4. The van der Waals surface area contributed by atoms with Crippen LogP contribution in [0.2, 0.25) is 0 Å². The fourth-order valence-corrected chi connectivity index (χ4v) is 9.93. The van der Waals surface area contributed by atoms with Gasteiger partial charge in [-0.05, 0) is 70.6 Å². The first-order valence-electron chi connectivity index (χ1n) is 33.9. The minimum absolute atomic E-state index is 0.0977. The lowest BCUT2D eigenvalue weighted by atomic mass is 10.0. The molecule has 0 amide bonds. The van der Waals surface area contributed by atoms with E-state index in [2.05, 4.69) is 81.5 Å². The van der Waals surface area contributed by atoms with Crippen molar-refractivity contribution in [3.8, 4) is 0 Å². The van der Waals surface area contributed by atoms with E-state index < -0.39 is 12.1 Å². The lowest BCUT2D eigenvalue weighted by Gasteiger charge is -2.18. The molecular formula is C72H128O6. The Morgan fingerprint density at radius 1 is 0.282 bits per heavy atom. The highest BCUT2D eigenvalue weighted by molar-refractivity contribution is 5.72. The molecule has 0 fully saturated rings. The van der Waals surface area contributed by atoms with Crippen LogP contribution >= 0.6 is 0 Å². The van der Waals surface area contributed by atoms with Gasteiger partial charge >= 0.3 is 17.9 Å². The van der Waals surface area contributed by atoms with Crippen molar-refractivity contribution in [1.29, 1.82) is 0 Å². The van der Waals surface area contributed by atoms with Crippen LogP contribution < -0.4 is 0 Å². The molecule has 0 saturated heterocycles. The van der Waals surface area contributed by atoms with E-state index in [4.69, 9.17) is 14.2 Å². The smallest absolute Gasteiger partial charge is 0.310 e. The monoisotopic (exact) mass is 1090 g/mol. The predicted octanol–water partition coefficient (Wildman–Crippen LogP) is 23.3. The number of unbranched alkanes of at least 4 members (excludes halogenated alkanes) is 40. The van der Waals surface area contributed by atoms with Crippen LogP contribution in [0.25, 0.3) is 0 Å². The van der Waals surface area contributed by atoms with Crippen molar-refractivity contribution in [2.45, 2.75) is 354 Å². The number of hydrogen-bond donors (Lipinski definition) is 0. The van der Waals surface area contributed by atoms with Crippen molar-refractivity contribution in [2.24, 2.45) is 0 Å². The van der Waals surface area contributed by atoms with Crippen LogP contribution in [0, 0.1) is 0 Å². The zero-order valence-electron chi connectivity index (χ0n) is 51.9. The summed E-state index contributed by atoms with van der Waals surface area (Å²) in [4.78, 5) is 38.2. The first-order chi connectivity index (χ1) is 38.5. The molecule has 0 aromatic carbocycles. The van der Waals surface area contributed by atoms with Crippen molar-refractivity contribution in [3.05, 3.63) is 72.9 Å². The first-order valence-corrected chi connectivity index (χ1v) is 33.9. The summed E-state index contributed by atoms with van der Waals surface area (Å²) in [6, 6.07) is 0. The van der Waals surface area contributed by atoms with Crippen LogP contribution in [-0.4, -0.2) is 37.2 Å². The van der Waals surface area contributed by atoms with Crippen molar-refractivity contribution in [3.63, 3.8) is 0 Å². The quantitative estimate of drug-likeness (QED) is 0.0261. The summed E-state index contributed by atoms with van der Waals surface area (Å²) in [6.45, 7) is 6.48. The summed E-state index contributed by atoms with van der Waals surface area (Å²) >= 11 is 0. The third-order valence-corrected chi connectivity index (χ3v) is 15.0. The molecule has 0 aliphatic heterocycles. The Balaban J connectivity index is 4.23. The van der Waals surface area contributed by atoms with Crippen molar-refractivity contribution < 1.29 is 28.6 Å². The Morgan fingerprint density at radius 2 is 0.538 bits per heavy atom. The highest BCUT2D eigenvalue weighted by Gasteiger charge is 2.19. The van der Waals surface area contributed by atoms with Gasteiger partial charge in [-0.3, -0.25) is 14.4 Å². The molecule has 6 nitrogen and oxygen atoms in total. The Kier molecular flexibility index (Phi) is 63.7. The first kappa shape index (κ1) is 74.8. The van der Waals surface area contributed by atoms with Crippen LogP contribution in [0.3, 0.4) is 0 Å². The largest absolute Gasteiger partial charge is 0.462 e. The summed E-state index contributed by atoms with van der Waals surface area (Å²) in [5, 5.41) is 0. The number of rotatable bonds is 62. The van der Waals surface area contributed by atoms with Gasteiger partial charge in [-0.2, -0.15) is 0 Å². The average Bonchev–Trinajstić information content (AvgIpc) is 3.44. The number of esters is 3. The van der Waals surface area contributed by atoms with E-state index in [9.17, 15) is 14.4 Å². The molecule has 1 atom stereocenters. The van der Waals surface area contributed by atoms with Gasteiger partial charge in [-0.15, -0.1) is 0 Å². The van der Waals surface area contributed by atoms with E-state index in [-0.39, 0.29) is 31.6 Å². The number of carbonyl (C=O) groups is 3. The summed E-state index contributed by atoms with van der Waals surface area (Å²) < 4.78 is 16.8. The number of carbonyl (C=O) groups excluding carboxylic acids is 3. The Morgan fingerprint density at radius 3 is 0.833 bits per heavy atom. The van der Waals surface area contributed by atoms with E-state index in [0.717, 1.165) is 83.5 Å². The molecule has 0 saturated carbocycles. The molecule has 0 aromatic rings. The Hall–Kier alpha value is -3.15. The van der Waals surface area contributed by atoms with Crippen molar-refractivity contribution in [1.82, 2.24) is 0 Å². The van der Waals surface area contributed by atoms with Crippen LogP contribution in [-0.2, 0) is 28.6 Å².